The number of hydrogen-bond donors (Lipinski definition) is 1. The number of ether oxygens (including phenoxy) is 2. The third-order valence-electron chi connectivity index (χ3n) is 7.19. The van der Waals surface area contributed by atoms with Gasteiger partial charge in [-0.15, -0.1) is 0 Å². The van der Waals surface area contributed by atoms with Crippen molar-refractivity contribution in [2.24, 2.45) is 0 Å². The third kappa shape index (κ3) is 7.54. The molecule has 0 spiro atoms. The van der Waals surface area contributed by atoms with Gasteiger partial charge in [-0.1, -0.05) is 67.1 Å². The Bertz CT molecular complexity index is 1500. The van der Waals surface area contributed by atoms with E-state index in [0.29, 0.717) is 28.5 Å². The highest BCUT2D eigenvalue weighted by Crippen LogP contribution is 2.36. The van der Waals surface area contributed by atoms with Gasteiger partial charge in [-0.25, -0.2) is 8.42 Å². The Morgan fingerprint density at radius 2 is 1.67 bits per heavy atom. The van der Waals surface area contributed by atoms with Gasteiger partial charge in [0, 0.05) is 30.1 Å². The first-order valence-corrected chi connectivity index (χ1v) is 15.9. The lowest BCUT2D eigenvalue weighted by atomic mass is 10.0. The number of anilines is 1. The Balaban J connectivity index is 1.76. The molecule has 0 saturated carbocycles. The summed E-state index contributed by atoms with van der Waals surface area (Å²) in [6.07, 6.45) is 0.929. The van der Waals surface area contributed by atoms with Crippen molar-refractivity contribution in [3.63, 3.8) is 0 Å². The molecular weight excluding hydrogens is 578 g/mol. The molecule has 0 saturated heterocycles. The van der Waals surface area contributed by atoms with E-state index in [1.807, 2.05) is 44.2 Å². The molecule has 1 aliphatic rings. The van der Waals surface area contributed by atoms with Crippen molar-refractivity contribution in [3.05, 3.63) is 88.9 Å². The van der Waals surface area contributed by atoms with Crippen LogP contribution in [0, 0.1) is 0 Å². The molecule has 0 fully saturated rings. The van der Waals surface area contributed by atoms with E-state index in [1.54, 1.807) is 36.4 Å². The Hall–Kier alpha value is -3.76. The maximum Gasteiger partial charge on any atom is 0.244 e. The van der Waals surface area contributed by atoms with E-state index < -0.39 is 28.5 Å². The zero-order valence-electron chi connectivity index (χ0n) is 24.0. The molecule has 2 atom stereocenters. The van der Waals surface area contributed by atoms with Gasteiger partial charge in [0.15, 0.2) is 11.5 Å². The minimum Gasteiger partial charge on any atom is -0.454 e. The van der Waals surface area contributed by atoms with Crippen LogP contribution in [0.15, 0.2) is 72.8 Å². The van der Waals surface area contributed by atoms with Gasteiger partial charge < -0.3 is 19.7 Å². The Morgan fingerprint density at radius 1 is 0.976 bits per heavy atom. The van der Waals surface area contributed by atoms with Crippen LogP contribution in [0.25, 0.3) is 0 Å². The summed E-state index contributed by atoms with van der Waals surface area (Å²) in [7, 11) is -3.91. The van der Waals surface area contributed by atoms with E-state index in [-0.39, 0.29) is 43.1 Å². The molecule has 0 aromatic heterocycles. The number of halogens is 1. The van der Waals surface area contributed by atoms with Crippen molar-refractivity contribution >= 4 is 39.1 Å². The Kier molecular flexibility index (Phi) is 10.3. The highest BCUT2D eigenvalue weighted by atomic mass is 35.5. The predicted octanol–water partition coefficient (Wildman–Crippen LogP) is 4.78. The van der Waals surface area contributed by atoms with Crippen LogP contribution in [-0.2, 0) is 32.6 Å². The highest BCUT2D eigenvalue weighted by Gasteiger charge is 2.34. The number of benzene rings is 3. The molecule has 1 aliphatic heterocycles. The van der Waals surface area contributed by atoms with Gasteiger partial charge in [-0.05, 0) is 49.6 Å². The Labute approximate surface area is 252 Å². The van der Waals surface area contributed by atoms with Gasteiger partial charge in [-0.3, -0.25) is 13.9 Å². The number of sulfonamides is 1. The number of carbonyl (C=O) groups excluding carboxylic acids is 2. The van der Waals surface area contributed by atoms with Crippen molar-refractivity contribution in [2.75, 3.05) is 23.4 Å². The molecule has 3 aromatic rings. The van der Waals surface area contributed by atoms with Gasteiger partial charge in [0.05, 0.1) is 11.4 Å². The average Bonchev–Trinajstić information content (AvgIpc) is 3.46. The van der Waals surface area contributed by atoms with Gasteiger partial charge >= 0.3 is 0 Å². The van der Waals surface area contributed by atoms with Crippen LogP contribution in [0.2, 0.25) is 5.02 Å². The molecule has 3 aromatic carbocycles. The molecule has 224 valence electrons. The van der Waals surface area contributed by atoms with E-state index in [2.05, 4.69) is 5.32 Å². The number of hydrogen-bond acceptors (Lipinski definition) is 6. The van der Waals surface area contributed by atoms with Crippen molar-refractivity contribution in [1.29, 1.82) is 0 Å². The number of rotatable bonds is 13. The van der Waals surface area contributed by atoms with Gasteiger partial charge in [0.2, 0.25) is 28.6 Å². The fourth-order valence-electron chi connectivity index (χ4n) is 4.57. The molecular formula is C31H36ClN3O6S. The van der Waals surface area contributed by atoms with Crippen molar-refractivity contribution < 1.29 is 27.5 Å². The summed E-state index contributed by atoms with van der Waals surface area (Å²) in [5, 5.41) is 3.45. The molecule has 0 unspecified atom stereocenters. The summed E-state index contributed by atoms with van der Waals surface area (Å²) in [4.78, 5) is 29.5. The summed E-state index contributed by atoms with van der Waals surface area (Å²) in [5.41, 5.74) is 1.75. The summed E-state index contributed by atoms with van der Waals surface area (Å²) in [6, 6.07) is 20.1. The monoisotopic (exact) mass is 613 g/mol. The summed E-state index contributed by atoms with van der Waals surface area (Å²) in [5.74, 6) is -0.240. The van der Waals surface area contributed by atoms with Crippen LogP contribution >= 0.6 is 11.6 Å². The molecule has 1 N–H and O–H groups in total. The molecule has 0 bridgehead atoms. The first kappa shape index (κ1) is 31.2. The largest absolute Gasteiger partial charge is 0.454 e. The second-order valence-electron chi connectivity index (χ2n) is 10.1. The normalized spacial score (nSPS) is 13.7. The van der Waals surface area contributed by atoms with E-state index in [1.165, 1.54) is 17.9 Å². The van der Waals surface area contributed by atoms with Gasteiger partial charge in [0.25, 0.3) is 0 Å². The summed E-state index contributed by atoms with van der Waals surface area (Å²) < 4.78 is 38.6. The van der Waals surface area contributed by atoms with E-state index >= 15 is 0 Å². The smallest absolute Gasteiger partial charge is 0.244 e. The van der Waals surface area contributed by atoms with Crippen LogP contribution in [0.4, 0.5) is 5.69 Å². The molecule has 42 heavy (non-hydrogen) atoms. The maximum absolute atomic E-state index is 14.3. The third-order valence-corrected chi connectivity index (χ3v) is 9.30. The number of nitrogens with zero attached hydrogens (tertiary/aromatic N) is 2. The average molecular weight is 614 g/mol. The SMILES string of the molecule is CC[C@@H](C)NC(=O)[C@H](Cc1ccccc1)N(Cc1ccccc1Cl)C(=O)CN(c1ccc2c(c1)OCO2)S(=O)(=O)CC. The van der Waals surface area contributed by atoms with Crippen LogP contribution in [0.1, 0.15) is 38.3 Å². The fraction of sp³-hybridized carbons (Fsp3) is 0.355. The molecule has 1 heterocycles. The van der Waals surface area contributed by atoms with Crippen LogP contribution in [0.3, 0.4) is 0 Å². The number of fused-ring (bicyclic) bond motifs is 1. The van der Waals surface area contributed by atoms with Crippen molar-refractivity contribution in [1.82, 2.24) is 10.2 Å². The van der Waals surface area contributed by atoms with E-state index in [0.717, 1.165) is 9.87 Å². The molecule has 0 aliphatic carbocycles. The molecule has 11 heteroatoms. The zero-order chi connectivity index (χ0) is 30.3. The predicted molar refractivity (Wildman–Crippen MR) is 163 cm³/mol. The lowest BCUT2D eigenvalue weighted by molar-refractivity contribution is -0.140. The van der Waals surface area contributed by atoms with Crippen LogP contribution in [-0.4, -0.2) is 56.3 Å². The van der Waals surface area contributed by atoms with Gasteiger partial charge in [-0.2, -0.15) is 0 Å². The van der Waals surface area contributed by atoms with Gasteiger partial charge in [0.1, 0.15) is 12.6 Å². The second kappa shape index (κ2) is 13.9. The lowest BCUT2D eigenvalue weighted by Crippen LogP contribution is -2.54. The standard InChI is InChI=1S/C31H36ClN3O6S/c1-4-22(3)33-31(37)27(17-23-11-7-6-8-12-23)34(19-24-13-9-10-14-26(24)32)30(36)20-35(42(38,39)5-2)25-15-16-28-29(18-25)41-21-40-28/h6-16,18,22,27H,4-5,17,19-21H2,1-3H3,(H,33,37)/t22-,27+/m1/s1. The zero-order valence-corrected chi connectivity index (χ0v) is 25.5. The van der Waals surface area contributed by atoms with E-state index in [4.69, 9.17) is 21.1 Å². The first-order chi connectivity index (χ1) is 20.1. The number of carbonyl (C=O) groups is 2. The van der Waals surface area contributed by atoms with E-state index in [9.17, 15) is 18.0 Å². The number of amides is 2. The Morgan fingerprint density at radius 3 is 2.36 bits per heavy atom. The molecule has 9 nitrogen and oxygen atoms in total. The summed E-state index contributed by atoms with van der Waals surface area (Å²) in [6.45, 7) is 4.87. The molecule has 2 amide bonds. The quantitative estimate of drug-likeness (QED) is 0.298. The molecule has 4 rings (SSSR count). The molecule has 0 radical (unpaired) electrons. The minimum absolute atomic E-state index is 0.00504. The fourth-order valence-corrected chi connectivity index (χ4v) is 5.81. The van der Waals surface area contributed by atoms with Crippen LogP contribution < -0.4 is 19.1 Å². The van der Waals surface area contributed by atoms with Crippen molar-refractivity contribution in [2.45, 2.75) is 52.2 Å². The number of nitrogens with one attached hydrogen (secondary N) is 1. The lowest BCUT2D eigenvalue weighted by Gasteiger charge is -2.34. The maximum atomic E-state index is 14.3. The van der Waals surface area contributed by atoms with Crippen LogP contribution in [0.5, 0.6) is 11.5 Å². The topological polar surface area (TPSA) is 105 Å². The summed E-state index contributed by atoms with van der Waals surface area (Å²) >= 11 is 6.50. The second-order valence-corrected chi connectivity index (χ2v) is 12.7. The van der Waals surface area contributed by atoms with Crippen molar-refractivity contribution in [3.8, 4) is 11.5 Å². The highest BCUT2D eigenvalue weighted by molar-refractivity contribution is 7.92. The minimum atomic E-state index is -3.91. The first-order valence-electron chi connectivity index (χ1n) is 13.9.